The van der Waals surface area contributed by atoms with Crippen LogP contribution in [0.4, 0.5) is 8.78 Å². The molecule has 0 radical (unpaired) electrons. The van der Waals surface area contributed by atoms with Crippen molar-refractivity contribution in [2.45, 2.75) is 84.2 Å². The minimum Gasteiger partial charge on any atom is -0.490 e. The maximum absolute atomic E-state index is 14.3. The lowest BCUT2D eigenvalue weighted by atomic mass is 9.73. The molecule has 0 amide bonds. The molecule has 3 rings (SSSR count). The molecule has 2 atom stereocenters. The standard InChI is InChI=1S/C25H38F2O3/c1-3-5-15-28-22-13-14-23(25(27)24(22)26)30-17-21-12-11-20(16-29-21)19-9-7-18(6-4-2)8-10-19/h13-14,18-21H,3-12,15-17H2,1-2H3. The first-order valence-corrected chi connectivity index (χ1v) is 12.0. The zero-order chi connectivity index (χ0) is 21.3. The van der Waals surface area contributed by atoms with Gasteiger partial charge in [-0.15, -0.1) is 0 Å². The second kappa shape index (κ2) is 11.9. The summed E-state index contributed by atoms with van der Waals surface area (Å²) in [6.45, 7) is 5.69. The molecule has 1 aromatic carbocycles. The second-order valence-electron chi connectivity index (χ2n) is 9.07. The number of rotatable bonds is 10. The summed E-state index contributed by atoms with van der Waals surface area (Å²) in [7, 11) is 0. The molecule has 2 fully saturated rings. The molecule has 0 N–H and O–H groups in total. The van der Waals surface area contributed by atoms with Crippen LogP contribution in [0.1, 0.15) is 78.1 Å². The fourth-order valence-corrected chi connectivity index (χ4v) is 4.93. The fourth-order valence-electron chi connectivity index (χ4n) is 4.93. The van der Waals surface area contributed by atoms with Crippen LogP contribution in [0, 0.1) is 29.4 Å². The van der Waals surface area contributed by atoms with Crippen molar-refractivity contribution < 1.29 is 23.0 Å². The van der Waals surface area contributed by atoms with Crippen LogP contribution < -0.4 is 9.47 Å². The third-order valence-electron chi connectivity index (χ3n) is 6.85. The van der Waals surface area contributed by atoms with E-state index in [0.717, 1.165) is 44.1 Å². The van der Waals surface area contributed by atoms with Gasteiger partial charge in [-0.1, -0.05) is 46.0 Å². The van der Waals surface area contributed by atoms with Crippen LogP contribution in [0.15, 0.2) is 12.1 Å². The summed E-state index contributed by atoms with van der Waals surface area (Å²) in [5.41, 5.74) is 0. The molecule has 170 valence electrons. The van der Waals surface area contributed by atoms with Crippen LogP contribution in [0.3, 0.4) is 0 Å². The van der Waals surface area contributed by atoms with Crippen LogP contribution >= 0.6 is 0 Å². The molecule has 1 aromatic rings. The Kier molecular flexibility index (Phi) is 9.23. The van der Waals surface area contributed by atoms with Gasteiger partial charge in [0.1, 0.15) is 6.61 Å². The number of benzene rings is 1. The Bertz CT molecular complexity index is 636. The number of hydrogen-bond acceptors (Lipinski definition) is 3. The van der Waals surface area contributed by atoms with Crippen LogP contribution in [-0.4, -0.2) is 25.9 Å². The zero-order valence-corrected chi connectivity index (χ0v) is 18.6. The number of hydrogen-bond donors (Lipinski definition) is 0. The van der Waals surface area contributed by atoms with Gasteiger partial charge in [0.25, 0.3) is 0 Å². The highest BCUT2D eigenvalue weighted by molar-refractivity contribution is 5.35. The largest absolute Gasteiger partial charge is 0.490 e. The van der Waals surface area contributed by atoms with Gasteiger partial charge in [-0.2, -0.15) is 8.78 Å². The van der Waals surface area contributed by atoms with Crippen molar-refractivity contribution in [3.8, 4) is 11.5 Å². The Balaban J connectivity index is 1.41. The van der Waals surface area contributed by atoms with E-state index in [2.05, 4.69) is 6.92 Å². The second-order valence-corrected chi connectivity index (χ2v) is 9.07. The van der Waals surface area contributed by atoms with Crippen molar-refractivity contribution in [1.82, 2.24) is 0 Å². The van der Waals surface area contributed by atoms with Gasteiger partial charge >= 0.3 is 0 Å². The summed E-state index contributed by atoms with van der Waals surface area (Å²) in [5.74, 6) is 0.252. The molecule has 1 saturated heterocycles. The molecule has 2 unspecified atom stereocenters. The van der Waals surface area contributed by atoms with Crippen LogP contribution in [0.25, 0.3) is 0 Å². The van der Waals surface area contributed by atoms with Crippen molar-refractivity contribution in [1.29, 1.82) is 0 Å². The predicted octanol–water partition coefficient (Wildman–Crippen LogP) is 6.92. The third kappa shape index (κ3) is 6.32. The normalized spacial score (nSPS) is 27.1. The summed E-state index contributed by atoms with van der Waals surface area (Å²) >= 11 is 0. The van der Waals surface area contributed by atoms with Gasteiger partial charge in [-0.25, -0.2) is 0 Å². The first kappa shape index (κ1) is 23.3. The molecule has 0 bridgehead atoms. The summed E-state index contributed by atoms with van der Waals surface area (Å²) in [4.78, 5) is 0. The van der Waals surface area contributed by atoms with Gasteiger partial charge in [0, 0.05) is 0 Å². The summed E-state index contributed by atoms with van der Waals surface area (Å²) in [6, 6.07) is 2.89. The third-order valence-corrected chi connectivity index (χ3v) is 6.85. The van der Waals surface area contributed by atoms with Gasteiger partial charge in [-0.05, 0) is 62.0 Å². The van der Waals surface area contributed by atoms with Crippen molar-refractivity contribution >= 4 is 0 Å². The maximum atomic E-state index is 14.3. The summed E-state index contributed by atoms with van der Waals surface area (Å²) in [6.07, 6.45) is 11.8. The van der Waals surface area contributed by atoms with Gasteiger partial charge in [-0.3, -0.25) is 0 Å². The van der Waals surface area contributed by atoms with Crippen LogP contribution in [0.2, 0.25) is 0 Å². The number of unbranched alkanes of at least 4 members (excludes halogenated alkanes) is 1. The summed E-state index contributed by atoms with van der Waals surface area (Å²) < 4.78 is 45.4. The monoisotopic (exact) mass is 424 g/mol. The van der Waals surface area contributed by atoms with Gasteiger partial charge in [0.15, 0.2) is 11.5 Å². The Morgan fingerprint density at radius 2 is 1.53 bits per heavy atom. The van der Waals surface area contributed by atoms with Crippen molar-refractivity contribution in [2.24, 2.45) is 17.8 Å². The lowest BCUT2D eigenvalue weighted by molar-refractivity contribution is -0.0564. The average Bonchev–Trinajstić information content (AvgIpc) is 2.77. The Morgan fingerprint density at radius 1 is 0.867 bits per heavy atom. The van der Waals surface area contributed by atoms with Crippen LogP contribution in [-0.2, 0) is 4.74 Å². The van der Waals surface area contributed by atoms with E-state index in [-0.39, 0.29) is 24.2 Å². The fraction of sp³-hybridized carbons (Fsp3) is 0.760. The van der Waals surface area contributed by atoms with E-state index < -0.39 is 11.6 Å². The van der Waals surface area contributed by atoms with E-state index in [1.54, 1.807) is 0 Å². The minimum atomic E-state index is -0.985. The zero-order valence-electron chi connectivity index (χ0n) is 18.6. The summed E-state index contributed by atoms with van der Waals surface area (Å²) in [5, 5.41) is 0. The van der Waals surface area contributed by atoms with E-state index in [1.807, 2.05) is 6.92 Å². The SMILES string of the molecule is CCCCOc1ccc(OCC2CCC(C3CCC(CCC)CC3)CO2)c(F)c1F. The van der Waals surface area contributed by atoms with Crippen molar-refractivity contribution in [3.63, 3.8) is 0 Å². The molecule has 1 heterocycles. The molecule has 1 saturated carbocycles. The molecule has 3 nitrogen and oxygen atoms in total. The van der Waals surface area contributed by atoms with Gasteiger partial charge < -0.3 is 14.2 Å². The van der Waals surface area contributed by atoms with E-state index in [4.69, 9.17) is 14.2 Å². The number of ether oxygens (including phenoxy) is 3. The van der Waals surface area contributed by atoms with E-state index >= 15 is 0 Å². The lowest BCUT2D eigenvalue weighted by Gasteiger charge is -2.37. The number of halogens is 2. The molecule has 0 spiro atoms. The Hall–Kier alpha value is -1.36. The Labute approximate surface area is 180 Å². The Morgan fingerprint density at radius 3 is 2.13 bits per heavy atom. The minimum absolute atomic E-state index is 0.0550. The highest BCUT2D eigenvalue weighted by Crippen LogP contribution is 2.39. The maximum Gasteiger partial charge on any atom is 0.204 e. The van der Waals surface area contributed by atoms with E-state index in [0.29, 0.717) is 12.5 Å². The smallest absolute Gasteiger partial charge is 0.204 e. The lowest BCUT2D eigenvalue weighted by Crippen LogP contribution is -2.35. The topological polar surface area (TPSA) is 27.7 Å². The molecular formula is C25H38F2O3. The molecule has 0 aromatic heterocycles. The van der Waals surface area contributed by atoms with E-state index in [9.17, 15) is 8.78 Å². The molecule has 30 heavy (non-hydrogen) atoms. The van der Waals surface area contributed by atoms with Gasteiger partial charge in [0.05, 0.1) is 19.3 Å². The molecule has 1 aliphatic heterocycles. The quantitative estimate of drug-likeness (QED) is 0.381. The predicted molar refractivity (Wildman–Crippen MR) is 115 cm³/mol. The molecule has 5 heteroatoms. The first-order chi connectivity index (χ1) is 14.6. The highest BCUT2D eigenvalue weighted by atomic mass is 19.2. The van der Waals surface area contributed by atoms with Crippen molar-refractivity contribution in [2.75, 3.05) is 19.8 Å². The van der Waals surface area contributed by atoms with Crippen LogP contribution in [0.5, 0.6) is 11.5 Å². The van der Waals surface area contributed by atoms with Crippen molar-refractivity contribution in [3.05, 3.63) is 23.8 Å². The molecular weight excluding hydrogens is 386 g/mol. The first-order valence-electron chi connectivity index (χ1n) is 12.0. The average molecular weight is 425 g/mol. The molecule has 1 aliphatic carbocycles. The van der Waals surface area contributed by atoms with E-state index in [1.165, 1.54) is 50.7 Å². The molecule has 2 aliphatic rings. The highest BCUT2D eigenvalue weighted by Gasteiger charge is 2.31. The van der Waals surface area contributed by atoms with Gasteiger partial charge in [0.2, 0.25) is 11.6 Å².